The van der Waals surface area contributed by atoms with E-state index in [2.05, 4.69) is 87.9 Å². The number of fused-ring (bicyclic) bond motifs is 2. The Labute approximate surface area is 197 Å². The third-order valence-corrected chi connectivity index (χ3v) is 5.87. The Morgan fingerprint density at radius 2 is 1.85 bits per heavy atom. The van der Waals surface area contributed by atoms with Gasteiger partial charge >= 0.3 is 6.09 Å². The molecule has 2 aromatic rings. The summed E-state index contributed by atoms with van der Waals surface area (Å²) in [5.41, 5.74) is 5.98. The maximum absolute atomic E-state index is 12.1. The monoisotopic (exact) mass is 444 g/mol. The zero-order valence-corrected chi connectivity index (χ0v) is 19.9. The van der Waals surface area contributed by atoms with Crippen LogP contribution in [0.5, 0.6) is 0 Å². The number of amides is 1. The van der Waals surface area contributed by atoms with Gasteiger partial charge in [0.05, 0.1) is 0 Å². The minimum atomic E-state index is -0.497. The van der Waals surface area contributed by atoms with Crippen LogP contribution in [0.25, 0.3) is 0 Å². The molecule has 1 N–H and O–H groups in total. The molecule has 0 aliphatic carbocycles. The molecule has 33 heavy (non-hydrogen) atoms. The lowest BCUT2D eigenvalue weighted by molar-refractivity contribution is -0.423. The van der Waals surface area contributed by atoms with Crippen molar-refractivity contribution in [3.63, 3.8) is 0 Å². The van der Waals surface area contributed by atoms with E-state index in [0.717, 1.165) is 37.9 Å². The summed E-state index contributed by atoms with van der Waals surface area (Å²) in [6, 6.07) is 17.1. The molecule has 0 fully saturated rings. The molecule has 0 unspecified atom stereocenters. The summed E-state index contributed by atoms with van der Waals surface area (Å²) >= 11 is 0. The lowest BCUT2D eigenvalue weighted by Crippen LogP contribution is -2.33. The lowest BCUT2D eigenvalue weighted by atomic mass is 10.1. The number of carbonyl (C=O) groups excluding carboxylic acids is 1. The standard InChI is InChI=1S/C28H33N3O2/c1-28(2,3)33-27(32)29-17-12-22(13-18-30-20-15-23-8-4-6-10-25(23)30)14-19-31-21-16-24-9-5-7-11-26(24)31/h4-11,13-14,18-19H,12,15-17,20-21H2,1-3H3/p+1. The van der Waals surface area contributed by atoms with E-state index >= 15 is 0 Å². The smallest absolute Gasteiger partial charge is 0.407 e. The van der Waals surface area contributed by atoms with E-state index in [1.165, 1.54) is 22.5 Å². The molecule has 0 atom stereocenters. The second-order valence-electron chi connectivity index (χ2n) is 9.53. The largest absolute Gasteiger partial charge is 0.444 e. The van der Waals surface area contributed by atoms with Crippen molar-refractivity contribution in [1.29, 1.82) is 0 Å². The number of hydrogen-bond donors (Lipinski definition) is 1. The molecule has 2 heterocycles. The van der Waals surface area contributed by atoms with E-state index in [1.807, 2.05) is 20.8 Å². The summed E-state index contributed by atoms with van der Waals surface area (Å²) < 4.78 is 7.67. The van der Waals surface area contributed by atoms with Crippen LogP contribution in [0.4, 0.5) is 16.2 Å². The minimum Gasteiger partial charge on any atom is -0.444 e. The Hall–Kier alpha value is -3.34. The Morgan fingerprint density at radius 1 is 1.09 bits per heavy atom. The quantitative estimate of drug-likeness (QED) is 0.481. The molecular formula is C28H34N3O2+. The second kappa shape index (κ2) is 10.1. The number of ether oxygens (including phenoxy) is 1. The summed E-state index contributed by atoms with van der Waals surface area (Å²) in [5.74, 6) is 0. The Bertz CT molecular complexity index is 1090. The van der Waals surface area contributed by atoms with Crippen LogP contribution >= 0.6 is 0 Å². The fourth-order valence-corrected chi connectivity index (χ4v) is 4.25. The fraction of sp³-hybridized carbons (Fsp3) is 0.357. The van der Waals surface area contributed by atoms with E-state index in [1.54, 1.807) is 0 Å². The predicted octanol–water partition coefficient (Wildman–Crippen LogP) is 5.38. The fourth-order valence-electron chi connectivity index (χ4n) is 4.25. The van der Waals surface area contributed by atoms with Gasteiger partial charge in [-0.05, 0) is 56.9 Å². The number of hydrogen-bond acceptors (Lipinski definition) is 3. The maximum Gasteiger partial charge on any atom is 0.407 e. The number of rotatable bonds is 6. The number of para-hydroxylation sites is 2. The minimum absolute atomic E-state index is 0.378. The van der Waals surface area contributed by atoms with Crippen LogP contribution < -0.4 is 10.2 Å². The van der Waals surface area contributed by atoms with Crippen LogP contribution in [0.3, 0.4) is 0 Å². The molecule has 172 valence electrons. The van der Waals surface area contributed by atoms with Gasteiger partial charge in [-0.3, -0.25) is 0 Å². The van der Waals surface area contributed by atoms with E-state index < -0.39 is 5.60 Å². The Balaban J connectivity index is 1.48. The zero-order chi connectivity index (χ0) is 23.3. The van der Waals surface area contributed by atoms with Crippen molar-refractivity contribution in [2.24, 2.45) is 0 Å². The molecule has 4 rings (SSSR count). The van der Waals surface area contributed by atoms with Crippen molar-refractivity contribution in [3.05, 3.63) is 83.6 Å². The average Bonchev–Trinajstić information content (AvgIpc) is 3.38. The summed E-state index contributed by atoms with van der Waals surface area (Å²) in [6.45, 7) is 8.11. The van der Waals surface area contributed by atoms with Gasteiger partial charge in [-0.2, -0.15) is 4.58 Å². The molecule has 2 aromatic carbocycles. The lowest BCUT2D eigenvalue weighted by Gasteiger charge is -2.19. The van der Waals surface area contributed by atoms with E-state index in [4.69, 9.17) is 4.74 Å². The number of benzene rings is 2. The molecule has 0 bridgehead atoms. The molecule has 5 heteroatoms. The van der Waals surface area contributed by atoms with Crippen molar-refractivity contribution < 1.29 is 14.1 Å². The van der Waals surface area contributed by atoms with Gasteiger partial charge in [0.1, 0.15) is 5.60 Å². The number of anilines is 1. The number of alkyl carbamates (subject to hydrolysis) is 1. The molecule has 0 spiro atoms. The summed E-state index contributed by atoms with van der Waals surface area (Å²) in [4.78, 5) is 14.4. The highest BCUT2D eigenvalue weighted by atomic mass is 16.6. The average molecular weight is 445 g/mol. The summed E-state index contributed by atoms with van der Waals surface area (Å²) in [7, 11) is 0. The molecule has 5 nitrogen and oxygen atoms in total. The first-order valence-corrected chi connectivity index (χ1v) is 11.8. The highest BCUT2D eigenvalue weighted by molar-refractivity contribution is 5.71. The van der Waals surface area contributed by atoms with Crippen molar-refractivity contribution >= 4 is 23.7 Å². The second-order valence-corrected chi connectivity index (χ2v) is 9.53. The van der Waals surface area contributed by atoms with Gasteiger partial charge < -0.3 is 15.0 Å². The van der Waals surface area contributed by atoms with E-state index in [-0.39, 0.29) is 6.09 Å². The van der Waals surface area contributed by atoms with Gasteiger partial charge in [-0.1, -0.05) is 36.4 Å². The van der Waals surface area contributed by atoms with Gasteiger partial charge in [0, 0.05) is 49.1 Å². The van der Waals surface area contributed by atoms with Crippen molar-refractivity contribution in [2.45, 2.75) is 45.6 Å². The third-order valence-electron chi connectivity index (χ3n) is 5.87. The van der Waals surface area contributed by atoms with E-state index in [9.17, 15) is 4.79 Å². The molecule has 0 saturated heterocycles. The van der Waals surface area contributed by atoms with Crippen molar-refractivity contribution in [1.82, 2.24) is 5.32 Å². The molecule has 2 aliphatic rings. The molecule has 1 amide bonds. The first-order chi connectivity index (χ1) is 15.9. The summed E-state index contributed by atoms with van der Waals surface area (Å²) in [5, 5.41) is 2.88. The molecule has 0 saturated carbocycles. The Morgan fingerprint density at radius 3 is 2.67 bits per heavy atom. The normalized spacial score (nSPS) is 16.9. The topological polar surface area (TPSA) is 44.6 Å². The van der Waals surface area contributed by atoms with Gasteiger partial charge in [0.15, 0.2) is 12.8 Å². The highest BCUT2D eigenvalue weighted by Crippen LogP contribution is 2.28. The number of nitrogens with zero attached hydrogens (tertiary/aromatic N) is 2. The van der Waals surface area contributed by atoms with Gasteiger partial charge in [0.2, 0.25) is 5.69 Å². The highest BCUT2D eigenvalue weighted by Gasteiger charge is 2.22. The van der Waals surface area contributed by atoms with Crippen LogP contribution in [0, 0.1) is 0 Å². The van der Waals surface area contributed by atoms with Crippen LogP contribution in [-0.2, 0) is 17.6 Å². The van der Waals surface area contributed by atoms with Crippen LogP contribution in [-0.4, -0.2) is 42.1 Å². The maximum atomic E-state index is 12.1. The van der Waals surface area contributed by atoms with Crippen molar-refractivity contribution in [2.75, 3.05) is 24.5 Å². The zero-order valence-electron chi connectivity index (χ0n) is 19.9. The number of nitrogens with one attached hydrogen (secondary N) is 1. The molecule has 0 aromatic heterocycles. The number of allylic oxidation sites excluding steroid dienone is 2. The third kappa shape index (κ3) is 6.13. The molecule has 0 radical (unpaired) electrons. The van der Waals surface area contributed by atoms with E-state index in [0.29, 0.717) is 6.54 Å². The predicted molar refractivity (Wildman–Crippen MR) is 135 cm³/mol. The first kappa shape index (κ1) is 22.8. The Kier molecular flexibility index (Phi) is 6.97. The van der Waals surface area contributed by atoms with Crippen LogP contribution in [0.1, 0.15) is 38.3 Å². The van der Waals surface area contributed by atoms with Gasteiger partial charge in [-0.25, -0.2) is 4.79 Å². The van der Waals surface area contributed by atoms with Gasteiger partial charge in [-0.15, -0.1) is 0 Å². The van der Waals surface area contributed by atoms with Crippen LogP contribution in [0.2, 0.25) is 0 Å². The van der Waals surface area contributed by atoms with Gasteiger partial charge in [0.25, 0.3) is 0 Å². The SMILES string of the molecule is CC(C)(C)OC(=O)NCCC(C=CN1CCc2ccccc21)=CC=[N+]1CCc2ccccc21. The summed E-state index contributed by atoms with van der Waals surface area (Å²) in [6.07, 6.45) is 11.1. The molecular weight excluding hydrogens is 410 g/mol. The number of carbonyl (C=O) groups is 1. The molecule has 2 aliphatic heterocycles. The van der Waals surface area contributed by atoms with Crippen molar-refractivity contribution in [3.8, 4) is 0 Å². The van der Waals surface area contributed by atoms with Crippen LogP contribution in [0.15, 0.2) is 72.5 Å². The first-order valence-electron chi connectivity index (χ1n) is 11.8.